The first-order chi connectivity index (χ1) is 6.77. The second-order valence-corrected chi connectivity index (χ2v) is 3.05. The predicted octanol–water partition coefficient (Wildman–Crippen LogP) is 0.352. The molecule has 0 saturated carbocycles. The van der Waals surface area contributed by atoms with Crippen molar-refractivity contribution in [2.45, 2.75) is 12.2 Å². The zero-order chi connectivity index (χ0) is 9.97. The van der Waals surface area contributed by atoms with Gasteiger partial charge < -0.3 is 14.6 Å². The number of benzene rings is 1. The fourth-order valence-corrected chi connectivity index (χ4v) is 1.27. The van der Waals surface area contributed by atoms with Gasteiger partial charge in [0.15, 0.2) is 0 Å². The van der Waals surface area contributed by atoms with E-state index in [0.29, 0.717) is 5.75 Å². The summed E-state index contributed by atoms with van der Waals surface area (Å²) in [7, 11) is 0. The number of hydrogen-bond donors (Lipinski definition) is 1. The topological polar surface area (TPSA) is 55.8 Å². The van der Waals surface area contributed by atoms with Gasteiger partial charge in [-0.15, -0.1) is 0 Å². The monoisotopic (exact) mass is 194 g/mol. The number of esters is 1. The fourth-order valence-electron chi connectivity index (χ4n) is 1.27. The van der Waals surface area contributed by atoms with E-state index in [1.807, 2.05) is 6.07 Å². The summed E-state index contributed by atoms with van der Waals surface area (Å²) >= 11 is 0. The summed E-state index contributed by atoms with van der Waals surface area (Å²) in [4.78, 5) is 11.1. The first-order valence-electron chi connectivity index (χ1n) is 4.34. The van der Waals surface area contributed by atoms with Crippen molar-refractivity contribution in [3.8, 4) is 5.75 Å². The smallest absolute Gasteiger partial charge is 0.350 e. The molecule has 4 heteroatoms. The zero-order valence-electron chi connectivity index (χ0n) is 7.42. The van der Waals surface area contributed by atoms with E-state index >= 15 is 0 Å². The first kappa shape index (κ1) is 9.02. The average molecular weight is 194 g/mol. The molecule has 1 N–H and O–H groups in total. The Bertz CT molecular complexity index is 322. The Kier molecular flexibility index (Phi) is 2.37. The van der Waals surface area contributed by atoms with Crippen LogP contribution < -0.4 is 4.74 Å². The van der Waals surface area contributed by atoms with Crippen LogP contribution in [0.15, 0.2) is 30.3 Å². The van der Waals surface area contributed by atoms with E-state index in [9.17, 15) is 9.90 Å². The van der Waals surface area contributed by atoms with Gasteiger partial charge in [0.25, 0.3) is 0 Å². The highest BCUT2D eigenvalue weighted by Gasteiger charge is 2.37. The molecule has 1 saturated heterocycles. The van der Waals surface area contributed by atoms with Crippen LogP contribution in [0.25, 0.3) is 0 Å². The van der Waals surface area contributed by atoms with E-state index in [1.54, 1.807) is 24.3 Å². The molecule has 1 aliphatic rings. The highest BCUT2D eigenvalue weighted by Crippen LogP contribution is 2.17. The van der Waals surface area contributed by atoms with Crippen molar-refractivity contribution in [2.24, 2.45) is 0 Å². The molecule has 2 rings (SSSR count). The van der Waals surface area contributed by atoms with Crippen LogP contribution in [0.2, 0.25) is 0 Å². The van der Waals surface area contributed by atoms with Gasteiger partial charge in [0.1, 0.15) is 18.5 Å². The molecule has 2 atom stereocenters. The van der Waals surface area contributed by atoms with Gasteiger partial charge in [0.2, 0.25) is 6.10 Å². The van der Waals surface area contributed by atoms with Crippen LogP contribution >= 0.6 is 0 Å². The minimum absolute atomic E-state index is 0.0103. The van der Waals surface area contributed by atoms with Crippen LogP contribution in [0.3, 0.4) is 0 Å². The summed E-state index contributed by atoms with van der Waals surface area (Å²) < 4.78 is 9.91. The largest absolute Gasteiger partial charge is 0.476 e. The number of rotatable bonds is 2. The Morgan fingerprint density at radius 1 is 1.36 bits per heavy atom. The Balaban J connectivity index is 2.07. The second-order valence-electron chi connectivity index (χ2n) is 3.05. The molecular weight excluding hydrogens is 184 g/mol. The molecule has 74 valence electrons. The maximum atomic E-state index is 11.1. The van der Waals surface area contributed by atoms with Gasteiger partial charge in [0, 0.05) is 0 Å². The summed E-state index contributed by atoms with van der Waals surface area (Å²) in [5, 5.41) is 9.35. The van der Waals surface area contributed by atoms with Gasteiger partial charge in [-0.1, -0.05) is 18.2 Å². The molecule has 1 fully saturated rings. The van der Waals surface area contributed by atoms with Gasteiger partial charge in [-0.05, 0) is 12.1 Å². The van der Waals surface area contributed by atoms with E-state index in [-0.39, 0.29) is 6.61 Å². The van der Waals surface area contributed by atoms with Gasteiger partial charge in [0.05, 0.1) is 0 Å². The van der Waals surface area contributed by atoms with Gasteiger partial charge in [-0.2, -0.15) is 0 Å². The van der Waals surface area contributed by atoms with Gasteiger partial charge >= 0.3 is 5.97 Å². The first-order valence-corrected chi connectivity index (χ1v) is 4.34. The molecule has 1 aliphatic heterocycles. The molecule has 0 aliphatic carbocycles. The van der Waals surface area contributed by atoms with Crippen LogP contribution in [0.5, 0.6) is 5.75 Å². The molecule has 14 heavy (non-hydrogen) atoms. The molecule has 2 unspecified atom stereocenters. The van der Waals surface area contributed by atoms with Crippen molar-refractivity contribution >= 4 is 5.97 Å². The third-order valence-corrected chi connectivity index (χ3v) is 1.98. The van der Waals surface area contributed by atoms with E-state index < -0.39 is 18.2 Å². The lowest BCUT2D eigenvalue weighted by Gasteiger charge is -2.12. The number of para-hydroxylation sites is 1. The Morgan fingerprint density at radius 3 is 2.64 bits per heavy atom. The SMILES string of the molecule is O=C1OCC(O)C1Oc1ccccc1. The van der Waals surface area contributed by atoms with E-state index in [0.717, 1.165) is 0 Å². The van der Waals surface area contributed by atoms with Crippen LogP contribution in [-0.4, -0.2) is 29.9 Å². The standard InChI is InChI=1S/C10H10O4/c11-8-6-13-10(12)9(8)14-7-4-2-1-3-5-7/h1-5,8-9,11H,6H2. The van der Waals surface area contributed by atoms with Gasteiger partial charge in [-0.3, -0.25) is 0 Å². The Labute approximate surface area is 81.1 Å². The van der Waals surface area contributed by atoms with Crippen molar-refractivity contribution in [2.75, 3.05) is 6.61 Å². The summed E-state index contributed by atoms with van der Waals surface area (Å²) in [5.74, 6) is 0.0387. The third-order valence-electron chi connectivity index (χ3n) is 1.98. The number of carbonyl (C=O) groups excluding carboxylic acids is 1. The lowest BCUT2D eigenvalue weighted by Crippen LogP contribution is -2.32. The van der Waals surface area contributed by atoms with Crippen LogP contribution in [-0.2, 0) is 9.53 Å². The van der Waals surface area contributed by atoms with Crippen molar-refractivity contribution in [3.05, 3.63) is 30.3 Å². The fraction of sp³-hybridized carbons (Fsp3) is 0.300. The highest BCUT2D eigenvalue weighted by molar-refractivity contribution is 5.77. The van der Waals surface area contributed by atoms with E-state index in [1.165, 1.54) is 0 Å². The molecule has 1 aromatic rings. The molecule has 1 aromatic carbocycles. The molecule has 0 amide bonds. The number of carbonyl (C=O) groups is 1. The molecule has 0 radical (unpaired) electrons. The van der Waals surface area contributed by atoms with Crippen molar-refractivity contribution < 1.29 is 19.4 Å². The Morgan fingerprint density at radius 2 is 2.07 bits per heavy atom. The summed E-state index contributed by atoms with van der Waals surface area (Å²) in [6.07, 6.45) is -1.76. The van der Waals surface area contributed by atoms with Crippen LogP contribution in [0, 0.1) is 0 Å². The normalized spacial score (nSPS) is 25.9. The number of cyclic esters (lactones) is 1. The van der Waals surface area contributed by atoms with Gasteiger partial charge in [-0.25, -0.2) is 4.79 Å². The minimum atomic E-state index is -0.891. The lowest BCUT2D eigenvalue weighted by atomic mass is 10.2. The second kappa shape index (κ2) is 3.67. The maximum Gasteiger partial charge on any atom is 0.350 e. The van der Waals surface area contributed by atoms with Crippen molar-refractivity contribution in [1.29, 1.82) is 0 Å². The predicted molar refractivity (Wildman–Crippen MR) is 47.8 cm³/mol. The summed E-state index contributed by atoms with van der Waals surface area (Å²) in [6, 6.07) is 8.87. The quantitative estimate of drug-likeness (QED) is 0.690. The molecule has 1 heterocycles. The zero-order valence-corrected chi connectivity index (χ0v) is 7.42. The third kappa shape index (κ3) is 1.70. The molecule has 0 spiro atoms. The number of aliphatic hydroxyl groups is 1. The molecule has 0 aromatic heterocycles. The number of ether oxygens (including phenoxy) is 2. The molecular formula is C10H10O4. The summed E-state index contributed by atoms with van der Waals surface area (Å²) in [5.41, 5.74) is 0. The summed E-state index contributed by atoms with van der Waals surface area (Å²) in [6.45, 7) is 0.0103. The van der Waals surface area contributed by atoms with Crippen molar-refractivity contribution in [1.82, 2.24) is 0 Å². The highest BCUT2D eigenvalue weighted by atomic mass is 16.6. The number of hydrogen-bond acceptors (Lipinski definition) is 4. The lowest BCUT2D eigenvalue weighted by molar-refractivity contribution is -0.143. The van der Waals surface area contributed by atoms with Crippen LogP contribution in [0.1, 0.15) is 0 Å². The van der Waals surface area contributed by atoms with E-state index in [2.05, 4.69) is 4.74 Å². The van der Waals surface area contributed by atoms with E-state index in [4.69, 9.17) is 4.74 Å². The maximum absolute atomic E-state index is 11.1. The Hall–Kier alpha value is -1.55. The van der Waals surface area contributed by atoms with Crippen molar-refractivity contribution in [3.63, 3.8) is 0 Å². The average Bonchev–Trinajstić information content (AvgIpc) is 2.51. The van der Waals surface area contributed by atoms with Crippen LogP contribution in [0.4, 0.5) is 0 Å². The minimum Gasteiger partial charge on any atom is -0.476 e. The molecule has 4 nitrogen and oxygen atoms in total. The number of aliphatic hydroxyl groups excluding tert-OH is 1. The molecule has 0 bridgehead atoms.